The first-order valence-corrected chi connectivity index (χ1v) is 16.6. The molecule has 0 bridgehead atoms. The molecule has 0 unspecified atom stereocenters. The maximum Gasteiger partial charge on any atom is 0.252 e. The number of nitrogens with one attached hydrogen (secondary N) is 6. The number of rotatable bonds is 20. The summed E-state index contributed by atoms with van der Waals surface area (Å²) < 4.78 is 0.567. The minimum absolute atomic E-state index is 0.0502. The summed E-state index contributed by atoms with van der Waals surface area (Å²) in [5.41, 5.74) is 0.242. The number of hydrogen-bond acceptors (Lipinski definition) is 7. The maximum atomic E-state index is 13.6. The Balaban J connectivity index is 2.99. The van der Waals surface area contributed by atoms with E-state index < -0.39 is 36.0 Å². The van der Waals surface area contributed by atoms with Crippen LogP contribution in [-0.2, 0) is 19.2 Å². The molecule has 0 saturated carbocycles. The van der Waals surface area contributed by atoms with Crippen molar-refractivity contribution in [2.45, 2.75) is 118 Å². The first kappa shape index (κ1) is 40.3. The molecule has 1 aromatic rings. The van der Waals surface area contributed by atoms with E-state index in [1.54, 1.807) is 6.92 Å². The van der Waals surface area contributed by atoms with Crippen LogP contribution in [-0.4, -0.2) is 72.8 Å². The van der Waals surface area contributed by atoms with Gasteiger partial charge in [0.2, 0.25) is 23.6 Å². The number of carbonyl (C=O) groups excluding carboxylic acids is 5. The molecule has 260 valence electrons. The van der Waals surface area contributed by atoms with Crippen LogP contribution < -0.4 is 36.6 Å². The van der Waals surface area contributed by atoms with Gasteiger partial charge in [-0.2, -0.15) is 4.73 Å². The van der Waals surface area contributed by atoms with Gasteiger partial charge in [0, 0.05) is 31.3 Å². The lowest BCUT2D eigenvalue weighted by Gasteiger charge is -2.30. The topological polar surface area (TPSA) is 184 Å². The minimum atomic E-state index is -0.898. The standard InChI is InChI=1S/C33H57N7O6/c1-10-14-25(36-33(45)28(22(8)12-3)39-30(42)24-15-17-40(46)18-16-24)31(43)37-26(21(7)11-2)19-35-23(9)29(41)38-27(20(5)6)32(44)34-13-4/h15-18,20-23,25-28,35H,10-14,19H2,1-9H3,(H,34,44)(H,36,45)(H,37,43)(H,38,41)(H,39,42)/t21-,22-,23-,25-,26+,27-,28-/m0/s1. The SMILES string of the molecule is CCC[C@H](NC(=O)[C@@H](NC(=O)c1cc[n+]([O-])cc1)[C@@H](C)CC)C(=O)N[C@H](CN[C@@H](C)C(=O)N[C@H](C(=O)NCC)C(C)C)[C@@H](C)CC. The van der Waals surface area contributed by atoms with E-state index in [-0.39, 0.29) is 47.1 Å². The summed E-state index contributed by atoms with van der Waals surface area (Å²) in [6.45, 7) is 17.7. The third-order valence-corrected chi connectivity index (χ3v) is 8.35. The predicted molar refractivity (Wildman–Crippen MR) is 177 cm³/mol. The molecule has 6 N–H and O–H groups in total. The number of aromatic nitrogens is 1. The van der Waals surface area contributed by atoms with Crippen molar-refractivity contribution in [1.82, 2.24) is 31.9 Å². The Hall–Kier alpha value is -3.74. The smallest absolute Gasteiger partial charge is 0.252 e. The molecule has 0 aliphatic rings. The molecule has 0 aliphatic carbocycles. The van der Waals surface area contributed by atoms with Crippen LogP contribution in [0.2, 0.25) is 0 Å². The summed E-state index contributed by atoms with van der Waals surface area (Å²) in [6.07, 6.45) is 4.80. The molecular formula is C33H57N7O6. The van der Waals surface area contributed by atoms with Crippen molar-refractivity contribution in [2.24, 2.45) is 17.8 Å². The normalized spacial score (nSPS) is 15.8. The van der Waals surface area contributed by atoms with Crippen molar-refractivity contribution in [3.05, 3.63) is 35.3 Å². The number of likely N-dealkylation sites (N-methyl/N-ethyl adjacent to an activating group) is 1. The lowest BCUT2D eigenvalue weighted by molar-refractivity contribution is -0.605. The highest BCUT2D eigenvalue weighted by Gasteiger charge is 2.32. The number of nitrogens with zero attached hydrogens (tertiary/aromatic N) is 1. The van der Waals surface area contributed by atoms with Gasteiger partial charge in [0.25, 0.3) is 5.91 Å². The molecule has 0 radical (unpaired) electrons. The van der Waals surface area contributed by atoms with E-state index in [1.807, 2.05) is 55.4 Å². The van der Waals surface area contributed by atoms with Crippen LogP contribution in [0.5, 0.6) is 0 Å². The zero-order valence-corrected chi connectivity index (χ0v) is 29.1. The summed E-state index contributed by atoms with van der Waals surface area (Å²) >= 11 is 0. The third-order valence-electron chi connectivity index (χ3n) is 8.35. The molecule has 0 aliphatic heterocycles. The Labute approximate surface area is 274 Å². The minimum Gasteiger partial charge on any atom is -0.619 e. The Morgan fingerprint density at radius 2 is 1.35 bits per heavy atom. The third kappa shape index (κ3) is 12.9. The Bertz CT molecular complexity index is 1130. The van der Waals surface area contributed by atoms with Gasteiger partial charge in [-0.05, 0) is 38.0 Å². The second-order valence-corrected chi connectivity index (χ2v) is 12.4. The molecule has 1 rings (SSSR count). The van der Waals surface area contributed by atoms with E-state index in [0.717, 1.165) is 6.42 Å². The molecule has 1 heterocycles. The number of amides is 5. The van der Waals surface area contributed by atoms with Gasteiger partial charge >= 0.3 is 0 Å². The van der Waals surface area contributed by atoms with E-state index in [9.17, 15) is 29.2 Å². The average molecular weight is 648 g/mol. The Morgan fingerprint density at radius 1 is 0.739 bits per heavy atom. The van der Waals surface area contributed by atoms with Crippen LogP contribution in [0, 0.1) is 23.0 Å². The summed E-state index contributed by atoms with van der Waals surface area (Å²) in [7, 11) is 0. The van der Waals surface area contributed by atoms with Gasteiger partial charge in [0.1, 0.15) is 18.1 Å². The molecule has 1 aromatic heterocycles. The fraction of sp³-hybridized carbons (Fsp3) is 0.697. The summed E-state index contributed by atoms with van der Waals surface area (Å²) in [5.74, 6) is -2.16. The molecule has 0 saturated heterocycles. The first-order valence-electron chi connectivity index (χ1n) is 16.6. The van der Waals surface area contributed by atoms with Gasteiger partial charge < -0.3 is 37.1 Å². The number of carbonyl (C=O) groups is 5. The fourth-order valence-electron chi connectivity index (χ4n) is 4.77. The lowest BCUT2D eigenvalue weighted by Crippen LogP contribution is -2.59. The van der Waals surface area contributed by atoms with Gasteiger partial charge in [-0.1, -0.05) is 67.7 Å². The van der Waals surface area contributed by atoms with Crippen LogP contribution in [0.15, 0.2) is 24.5 Å². The molecule has 0 spiro atoms. The highest BCUT2D eigenvalue weighted by atomic mass is 16.5. The molecule has 13 heteroatoms. The quantitative estimate of drug-likeness (QED) is 0.0916. The highest BCUT2D eigenvalue weighted by molar-refractivity contribution is 5.98. The molecule has 5 amide bonds. The molecule has 0 fully saturated rings. The van der Waals surface area contributed by atoms with Crippen molar-refractivity contribution < 1.29 is 28.7 Å². The van der Waals surface area contributed by atoms with Gasteiger partial charge in [-0.15, -0.1) is 0 Å². The van der Waals surface area contributed by atoms with Gasteiger partial charge in [-0.25, -0.2) is 0 Å². The molecule has 0 aromatic carbocycles. The van der Waals surface area contributed by atoms with E-state index in [1.165, 1.54) is 24.5 Å². The van der Waals surface area contributed by atoms with Crippen LogP contribution in [0.4, 0.5) is 0 Å². The second-order valence-electron chi connectivity index (χ2n) is 12.4. The number of pyridine rings is 1. The molecule has 7 atom stereocenters. The zero-order chi connectivity index (χ0) is 35.0. The van der Waals surface area contributed by atoms with Crippen LogP contribution in [0.1, 0.15) is 98.4 Å². The van der Waals surface area contributed by atoms with Crippen molar-refractivity contribution in [2.75, 3.05) is 13.1 Å². The van der Waals surface area contributed by atoms with Gasteiger partial charge in [0.15, 0.2) is 12.4 Å². The summed E-state index contributed by atoms with van der Waals surface area (Å²) in [4.78, 5) is 65.3. The number of hydrogen-bond donors (Lipinski definition) is 6. The highest BCUT2D eigenvalue weighted by Crippen LogP contribution is 2.12. The Kier molecular flexibility index (Phi) is 17.9. The molecule has 13 nitrogen and oxygen atoms in total. The van der Waals surface area contributed by atoms with Crippen LogP contribution in [0.25, 0.3) is 0 Å². The zero-order valence-electron chi connectivity index (χ0n) is 29.1. The second kappa shape index (κ2) is 20.4. The monoisotopic (exact) mass is 647 g/mol. The van der Waals surface area contributed by atoms with Crippen molar-refractivity contribution >= 4 is 29.5 Å². The molecular weight excluding hydrogens is 590 g/mol. The molecule has 46 heavy (non-hydrogen) atoms. The first-order chi connectivity index (χ1) is 21.7. The average Bonchev–Trinajstić information content (AvgIpc) is 3.02. The van der Waals surface area contributed by atoms with E-state index >= 15 is 0 Å². The van der Waals surface area contributed by atoms with Crippen LogP contribution in [0.3, 0.4) is 0 Å². The lowest BCUT2D eigenvalue weighted by atomic mass is 9.96. The van der Waals surface area contributed by atoms with E-state index in [4.69, 9.17) is 0 Å². The van der Waals surface area contributed by atoms with E-state index in [0.29, 0.717) is 37.1 Å². The van der Waals surface area contributed by atoms with Crippen molar-refractivity contribution in [3.8, 4) is 0 Å². The van der Waals surface area contributed by atoms with Crippen molar-refractivity contribution in [1.29, 1.82) is 0 Å². The fourth-order valence-corrected chi connectivity index (χ4v) is 4.77. The predicted octanol–water partition coefficient (Wildman–Crippen LogP) is 1.54. The van der Waals surface area contributed by atoms with Gasteiger partial charge in [-0.3, -0.25) is 24.0 Å². The van der Waals surface area contributed by atoms with Gasteiger partial charge in [0.05, 0.1) is 11.6 Å². The summed E-state index contributed by atoms with van der Waals surface area (Å²) in [6, 6.07) is -0.630. The summed E-state index contributed by atoms with van der Waals surface area (Å²) in [5, 5.41) is 28.8. The van der Waals surface area contributed by atoms with E-state index in [2.05, 4.69) is 31.9 Å². The van der Waals surface area contributed by atoms with Crippen molar-refractivity contribution in [3.63, 3.8) is 0 Å². The van der Waals surface area contributed by atoms with Crippen LogP contribution >= 0.6 is 0 Å². The largest absolute Gasteiger partial charge is 0.619 e. The Morgan fingerprint density at radius 3 is 1.87 bits per heavy atom. The maximum absolute atomic E-state index is 13.6.